The molecule has 0 aliphatic carbocycles. The number of hydrogen-bond acceptors (Lipinski definition) is 2. The summed E-state index contributed by atoms with van der Waals surface area (Å²) in [7, 11) is 0. The monoisotopic (exact) mass is 863 g/mol. The van der Waals surface area contributed by atoms with Crippen molar-refractivity contribution in [1.82, 2.24) is 9.97 Å². The van der Waals surface area contributed by atoms with Crippen molar-refractivity contribution in [3.63, 3.8) is 0 Å². The molecule has 0 spiro atoms. The van der Waals surface area contributed by atoms with Crippen molar-refractivity contribution in [3.05, 3.63) is 138 Å². The zero-order valence-corrected chi connectivity index (χ0v) is 29.8. The van der Waals surface area contributed by atoms with Gasteiger partial charge in [-0.15, -0.1) is 35.4 Å². The molecule has 0 unspecified atom stereocenters. The molecule has 4 aromatic carbocycles. The van der Waals surface area contributed by atoms with Gasteiger partial charge in [0.25, 0.3) is 0 Å². The summed E-state index contributed by atoms with van der Waals surface area (Å²) in [5.41, 5.74) is 12.4. The van der Waals surface area contributed by atoms with E-state index in [1.165, 1.54) is 36.5 Å². The predicted octanol–water partition coefficient (Wildman–Crippen LogP) is 2.47. The van der Waals surface area contributed by atoms with Gasteiger partial charge in [0.1, 0.15) is 0 Å². The van der Waals surface area contributed by atoms with Gasteiger partial charge < -0.3 is 4.98 Å². The number of aromatic nitrogens is 2. The minimum atomic E-state index is 0. The molecule has 0 bridgehead atoms. The summed E-state index contributed by atoms with van der Waals surface area (Å²) in [5.74, 6) is 0. The molecule has 2 nitrogen and oxygen atoms in total. The average Bonchev–Trinajstić information content (AvgIpc) is 3.03. The molecule has 0 fully saturated rings. The van der Waals surface area contributed by atoms with Crippen molar-refractivity contribution in [3.8, 4) is 22.5 Å². The second-order valence-corrected chi connectivity index (χ2v) is 15.2. The zero-order chi connectivity index (χ0) is 28.6. The summed E-state index contributed by atoms with van der Waals surface area (Å²) in [6, 6.07) is 41.6. The van der Waals surface area contributed by atoms with Crippen LogP contribution in [0, 0.1) is 32.9 Å². The van der Waals surface area contributed by atoms with E-state index in [1.54, 1.807) is 14.4 Å². The molecule has 0 amide bonds. The van der Waals surface area contributed by atoms with Crippen LogP contribution in [0.5, 0.6) is 0 Å². The Labute approximate surface area is 280 Å². The summed E-state index contributed by atoms with van der Waals surface area (Å²) in [5, 5.41) is 0. The Kier molecular flexibility index (Phi) is 8.99. The Morgan fingerprint density at radius 3 is 2.09 bits per heavy atom. The molecule has 6 heteroatoms. The van der Waals surface area contributed by atoms with Crippen molar-refractivity contribution in [2.24, 2.45) is 0 Å². The number of hydrogen-bond donors (Lipinski definition) is 0. The van der Waals surface area contributed by atoms with Crippen LogP contribution in [0.15, 0.2) is 109 Å². The van der Waals surface area contributed by atoms with Gasteiger partial charge in [-0.3, -0.25) is 0 Å². The van der Waals surface area contributed by atoms with Gasteiger partial charge in [-0.1, -0.05) is 18.6 Å². The molecule has 0 atom stereocenters. The first-order valence-corrected chi connectivity index (χ1v) is 17.4. The molecular formula is C37H27BIrN2Se2-2. The molecular weight excluding hydrogens is 833 g/mol. The van der Waals surface area contributed by atoms with E-state index in [4.69, 9.17) is 0 Å². The van der Waals surface area contributed by atoms with Gasteiger partial charge in [0, 0.05) is 26.3 Å². The third-order valence-electron chi connectivity index (χ3n) is 7.80. The van der Waals surface area contributed by atoms with E-state index in [-0.39, 0.29) is 20.1 Å². The predicted molar refractivity (Wildman–Crippen MR) is 179 cm³/mol. The van der Waals surface area contributed by atoms with Gasteiger partial charge in [0.2, 0.25) is 0 Å². The number of benzene rings is 4. The number of rotatable bonds is 2. The second-order valence-electron chi connectivity index (χ2n) is 10.7. The fourth-order valence-electron chi connectivity index (χ4n) is 5.43. The molecule has 4 heterocycles. The van der Waals surface area contributed by atoms with Crippen LogP contribution in [0.3, 0.4) is 0 Å². The second kappa shape index (κ2) is 12.9. The Hall–Kier alpha value is -3.07. The van der Waals surface area contributed by atoms with Crippen LogP contribution in [0.25, 0.3) is 22.5 Å². The van der Waals surface area contributed by atoms with Crippen LogP contribution in [-0.2, 0) is 20.1 Å². The first kappa shape index (κ1) is 30.0. The van der Waals surface area contributed by atoms with Crippen molar-refractivity contribution >= 4 is 70.9 Å². The average molecular weight is 861 g/mol. The molecule has 2 aliphatic rings. The Morgan fingerprint density at radius 2 is 1.35 bits per heavy atom. The minimum absolute atomic E-state index is 0. The molecule has 2 aromatic heterocycles. The van der Waals surface area contributed by atoms with E-state index in [9.17, 15) is 0 Å². The molecule has 0 saturated carbocycles. The van der Waals surface area contributed by atoms with Crippen molar-refractivity contribution in [2.75, 3.05) is 0 Å². The first-order chi connectivity index (χ1) is 20.5. The molecule has 0 saturated heterocycles. The quantitative estimate of drug-likeness (QED) is 0.198. The fraction of sp³-hybridized carbons (Fsp3) is 0.0811. The van der Waals surface area contributed by atoms with Gasteiger partial charge in [-0.2, -0.15) is 0 Å². The first-order valence-electron chi connectivity index (χ1n) is 14.0. The van der Waals surface area contributed by atoms with Gasteiger partial charge in [-0.05, 0) is 25.1 Å². The topological polar surface area (TPSA) is 25.8 Å². The number of fused-ring (bicyclic) bond motifs is 4. The molecule has 8 rings (SSSR count). The van der Waals surface area contributed by atoms with E-state index in [0.717, 1.165) is 22.5 Å². The summed E-state index contributed by atoms with van der Waals surface area (Å²) in [6.45, 7) is 6.60. The maximum absolute atomic E-state index is 4.55. The van der Waals surface area contributed by atoms with Crippen LogP contribution in [0.1, 0.15) is 16.7 Å². The molecule has 211 valence electrons. The summed E-state index contributed by atoms with van der Waals surface area (Å²) in [4.78, 5) is 8.95. The van der Waals surface area contributed by atoms with Crippen LogP contribution < -0.4 is 34.2 Å². The standard InChI is InChI=1S/C23H13BNSe2.C14H14N.Ir/c1-2-8-19-16(6-1)24-17-14-15(18-7-3-4-13-25-18)11-12-20(17)27-22-10-5-9-21(26-19)23(22)24;1-10-4-6-13(7-5-10)14-8-11(2)12(3)9-15-14;/h1-10,12-14H;4-6,8-9H,1-3H3;/q2*-1;. The maximum atomic E-state index is 4.55. The molecule has 1 radical (unpaired) electrons. The third-order valence-corrected chi connectivity index (χ3v) is 12.7. The van der Waals surface area contributed by atoms with E-state index in [0.29, 0.717) is 36.6 Å². The normalized spacial score (nSPS) is 12.1. The van der Waals surface area contributed by atoms with Crippen LogP contribution in [0.2, 0.25) is 0 Å². The number of aryl methyl sites for hydroxylation is 3. The number of nitrogens with zero attached hydrogens (tertiary/aromatic N) is 2. The van der Waals surface area contributed by atoms with E-state index in [1.807, 2.05) is 30.6 Å². The van der Waals surface area contributed by atoms with Gasteiger partial charge in [0.15, 0.2) is 0 Å². The third kappa shape index (κ3) is 6.02. The summed E-state index contributed by atoms with van der Waals surface area (Å²) >= 11 is 0.745. The number of pyridine rings is 2. The van der Waals surface area contributed by atoms with Gasteiger partial charge >= 0.3 is 172 Å². The van der Waals surface area contributed by atoms with E-state index >= 15 is 0 Å². The van der Waals surface area contributed by atoms with Gasteiger partial charge in [0.05, 0.1) is 0 Å². The molecule has 0 N–H and O–H groups in total. The van der Waals surface area contributed by atoms with Crippen molar-refractivity contribution in [2.45, 2.75) is 20.8 Å². The van der Waals surface area contributed by atoms with E-state index < -0.39 is 0 Å². The van der Waals surface area contributed by atoms with E-state index in [2.05, 4.69) is 122 Å². The van der Waals surface area contributed by atoms with Crippen molar-refractivity contribution < 1.29 is 20.1 Å². The molecule has 43 heavy (non-hydrogen) atoms. The van der Waals surface area contributed by atoms with Crippen LogP contribution in [-0.4, -0.2) is 46.6 Å². The fourth-order valence-corrected chi connectivity index (χ4v) is 10.6. The summed E-state index contributed by atoms with van der Waals surface area (Å²) in [6.07, 6.45) is 3.77. The Bertz CT molecular complexity index is 1910. The van der Waals surface area contributed by atoms with Crippen LogP contribution in [0.4, 0.5) is 0 Å². The Morgan fingerprint density at radius 1 is 0.605 bits per heavy atom. The zero-order valence-electron chi connectivity index (χ0n) is 24.0. The van der Waals surface area contributed by atoms with Gasteiger partial charge in [-0.25, -0.2) is 0 Å². The molecule has 2 aliphatic heterocycles. The van der Waals surface area contributed by atoms with Crippen LogP contribution >= 0.6 is 0 Å². The molecule has 6 aromatic rings. The van der Waals surface area contributed by atoms with Crippen molar-refractivity contribution in [1.29, 1.82) is 0 Å². The summed E-state index contributed by atoms with van der Waals surface area (Å²) < 4.78 is 6.09. The SMILES string of the molecule is Cc1c[c-]c(-c2cc(C)c(C)cn2)cc1.[Ir].[c-]1cc2c(cc1-c1ccccn1)B1c3ccccc3[Se]c3cccc(c31)[Se]2. The Balaban J connectivity index is 0.000000176.